The van der Waals surface area contributed by atoms with Crippen LogP contribution in [-0.4, -0.2) is 15.8 Å². The number of benzene rings is 2. The monoisotopic (exact) mass is 339 g/mol. The summed E-state index contributed by atoms with van der Waals surface area (Å²) < 4.78 is 0. The Kier molecular flexibility index (Phi) is 6.07. The molecule has 0 amide bonds. The Morgan fingerprint density at radius 2 is 1.42 bits per heavy atom. The summed E-state index contributed by atoms with van der Waals surface area (Å²) in [4.78, 5) is 4.22. The van der Waals surface area contributed by atoms with E-state index in [2.05, 4.69) is 4.98 Å². The topological polar surface area (TPSA) is 49.9 Å². The van der Waals surface area contributed by atoms with Crippen molar-refractivity contribution in [3.05, 3.63) is 84.7 Å². The highest BCUT2D eigenvalue weighted by molar-refractivity contribution is 5.96. The molecule has 2 aromatic carbocycles. The zero-order valence-electron chi connectivity index (χ0n) is 13.2. The van der Waals surface area contributed by atoms with Gasteiger partial charge in [-0.2, -0.15) is 0 Å². The average molecular weight is 340 g/mol. The van der Waals surface area contributed by atoms with Crippen molar-refractivity contribution >= 4 is 17.1 Å². The van der Waals surface area contributed by atoms with Crippen LogP contribution >= 0.6 is 0 Å². The van der Waals surface area contributed by atoms with Crippen LogP contribution in [0.1, 0.15) is 12.6 Å². The lowest BCUT2D eigenvalue weighted by molar-refractivity contribution is -0.767. The van der Waals surface area contributed by atoms with Gasteiger partial charge in [0.2, 0.25) is 0 Å². The number of pyridine rings is 1. The maximum atomic E-state index is 9.37. The summed E-state index contributed by atoms with van der Waals surface area (Å²) in [5.74, 6) is 0.150. The van der Waals surface area contributed by atoms with Gasteiger partial charge in [0.25, 0.3) is 0 Å². The van der Waals surface area contributed by atoms with Crippen molar-refractivity contribution in [1.29, 1.82) is 0 Å². The fraction of sp³-hybridized carbons (Fsp3) is 0.0526. The molecule has 1 heterocycles. The van der Waals surface area contributed by atoms with Gasteiger partial charge < -0.3 is 17.5 Å². The zero-order chi connectivity index (χ0) is 16.1. The van der Waals surface area contributed by atoms with Crippen LogP contribution < -0.4 is 17.4 Å². The quantitative estimate of drug-likeness (QED) is 0.522. The SMILES string of the molecule is CC(=N[NH+](c1ccccc1)c1ccccc1)c1ccc(O)cn1.[Cl-]. The second kappa shape index (κ2) is 8.24. The third-order valence-corrected chi connectivity index (χ3v) is 3.49. The molecule has 1 aromatic heterocycles. The highest BCUT2D eigenvalue weighted by Gasteiger charge is 2.15. The number of aromatic hydroxyl groups is 1. The van der Waals surface area contributed by atoms with E-state index < -0.39 is 0 Å². The van der Waals surface area contributed by atoms with E-state index in [9.17, 15) is 5.11 Å². The highest BCUT2D eigenvalue weighted by atomic mass is 35.5. The van der Waals surface area contributed by atoms with E-state index >= 15 is 0 Å². The van der Waals surface area contributed by atoms with Gasteiger partial charge in [-0.15, -0.1) is 5.01 Å². The largest absolute Gasteiger partial charge is 1.00 e. The van der Waals surface area contributed by atoms with Crippen molar-refractivity contribution < 1.29 is 22.5 Å². The first-order chi connectivity index (χ1) is 11.2. The summed E-state index contributed by atoms with van der Waals surface area (Å²) in [7, 11) is 0. The Labute approximate surface area is 147 Å². The lowest BCUT2D eigenvalue weighted by Gasteiger charge is -2.13. The van der Waals surface area contributed by atoms with Gasteiger partial charge in [-0.05, 0) is 19.1 Å². The van der Waals surface area contributed by atoms with Crippen molar-refractivity contribution in [1.82, 2.24) is 4.98 Å². The van der Waals surface area contributed by atoms with E-state index in [0.717, 1.165) is 27.8 Å². The van der Waals surface area contributed by atoms with Gasteiger partial charge in [-0.3, -0.25) is 4.98 Å². The number of quaternary nitrogens is 1. The Bertz CT molecular complexity index is 750. The predicted molar refractivity (Wildman–Crippen MR) is 91.3 cm³/mol. The first kappa shape index (κ1) is 17.7. The van der Waals surface area contributed by atoms with Crippen molar-refractivity contribution in [2.75, 3.05) is 0 Å². The molecule has 24 heavy (non-hydrogen) atoms. The Hall–Kier alpha value is -2.69. The van der Waals surface area contributed by atoms with Crippen molar-refractivity contribution in [2.45, 2.75) is 6.92 Å². The van der Waals surface area contributed by atoms with Crippen LogP contribution in [0.15, 0.2) is 84.1 Å². The molecule has 5 heteroatoms. The first-order valence-electron chi connectivity index (χ1n) is 7.42. The number of hydrogen-bond donors (Lipinski definition) is 2. The van der Waals surface area contributed by atoms with E-state index in [-0.39, 0.29) is 18.2 Å². The number of aromatic nitrogens is 1. The first-order valence-corrected chi connectivity index (χ1v) is 7.42. The minimum atomic E-state index is 0. The van der Waals surface area contributed by atoms with Gasteiger partial charge in [0, 0.05) is 24.3 Å². The average Bonchev–Trinajstić information content (AvgIpc) is 2.61. The molecule has 0 fully saturated rings. The maximum absolute atomic E-state index is 9.37. The number of para-hydroxylation sites is 2. The molecule has 3 rings (SSSR count). The second-order valence-electron chi connectivity index (χ2n) is 5.18. The fourth-order valence-electron chi connectivity index (χ4n) is 2.31. The summed E-state index contributed by atoms with van der Waals surface area (Å²) >= 11 is 0. The van der Waals surface area contributed by atoms with Gasteiger partial charge in [-0.25, -0.2) is 0 Å². The van der Waals surface area contributed by atoms with Gasteiger partial charge in [-0.1, -0.05) is 41.5 Å². The fourth-order valence-corrected chi connectivity index (χ4v) is 2.31. The van der Waals surface area contributed by atoms with Gasteiger partial charge in [0.1, 0.15) is 11.5 Å². The molecular weight excluding hydrogens is 322 g/mol. The molecule has 0 aliphatic rings. The molecule has 0 aliphatic carbocycles. The third-order valence-electron chi connectivity index (χ3n) is 3.49. The molecule has 0 saturated carbocycles. The lowest BCUT2D eigenvalue weighted by Crippen LogP contribution is -3.00. The number of nitrogens with zero attached hydrogens (tertiary/aromatic N) is 2. The smallest absolute Gasteiger partial charge is 0.162 e. The summed E-state index contributed by atoms with van der Waals surface area (Å²) in [5, 5.41) is 15.1. The van der Waals surface area contributed by atoms with Crippen LogP contribution in [0.5, 0.6) is 5.75 Å². The van der Waals surface area contributed by atoms with Crippen LogP contribution in [0.25, 0.3) is 0 Å². The molecular formula is C19H18ClN3O. The number of hydrogen-bond acceptors (Lipinski definition) is 3. The summed E-state index contributed by atoms with van der Waals surface area (Å²) in [6.07, 6.45) is 1.43. The van der Waals surface area contributed by atoms with Crippen LogP contribution in [0.3, 0.4) is 0 Å². The van der Waals surface area contributed by atoms with E-state index in [0.29, 0.717) is 0 Å². The molecule has 2 N–H and O–H groups in total. The van der Waals surface area contributed by atoms with Gasteiger partial charge in [0.05, 0.1) is 11.9 Å². The molecule has 0 atom stereocenters. The van der Waals surface area contributed by atoms with E-state index in [1.165, 1.54) is 6.20 Å². The van der Waals surface area contributed by atoms with Crippen LogP contribution in [0.2, 0.25) is 0 Å². The molecule has 3 aromatic rings. The molecule has 0 bridgehead atoms. The molecule has 4 nitrogen and oxygen atoms in total. The van der Waals surface area contributed by atoms with Gasteiger partial charge >= 0.3 is 0 Å². The summed E-state index contributed by atoms with van der Waals surface area (Å²) in [6.45, 7) is 1.92. The maximum Gasteiger partial charge on any atom is 0.162 e. The van der Waals surface area contributed by atoms with E-state index in [1.54, 1.807) is 12.1 Å². The second-order valence-corrected chi connectivity index (χ2v) is 5.18. The predicted octanol–water partition coefficient (Wildman–Crippen LogP) is 0.0635. The van der Waals surface area contributed by atoms with E-state index in [1.807, 2.05) is 67.6 Å². The number of halogens is 1. The Balaban J connectivity index is 0.00000208. The standard InChI is InChI=1S/C19H17N3O.ClH/c1-15(19-13-12-18(23)14-20-19)21-22(16-8-4-2-5-9-16)17-10-6-3-7-11-17;/h2-14,23H,1H3;1H. The van der Waals surface area contributed by atoms with Crippen LogP contribution in [0.4, 0.5) is 11.4 Å². The van der Waals surface area contributed by atoms with Gasteiger partial charge in [0.15, 0.2) is 11.4 Å². The molecule has 122 valence electrons. The number of rotatable bonds is 4. The third kappa shape index (κ3) is 4.19. The van der Waals surface area contributed by atoms with Crippen molar-refractivity contribution in [2.24, 2.45) is 5.10 Å². The van der Waals surface area contributed by atoms with Crippen molar-refractivity contribution in [3.8, 4) is 5.75 Å². The number of nitrogens with one attached hydrogen (secondary N) is 1. The zero-order valence-corrected chi connectivity index (χ0v) is 14.0. The van der Waals surface area contributed by atoms with E-state index in [4.69, 9.17) is 5.10 Å². The highest BCUT2D eigenvalue weighted by Crippen LogP contribution is 2.09. The van der Waals surface area contributed by atoms with Crippen LogP contribution in [-0.2, 0) is 0 Å². The molecule has 0 radical (unpaired) electrons. The Morgan fingerprint density at radius 1 is 0.875 bits per heavy atom. The van der Waals surface area contributed by atoms with Crippen LogP contribution in [0, 0.1) is 0 Å². The minimum absolute atomic E-state index is 0. The normalized spacial score (nSPS) is 11.2. The summed E-state index contributed by atoms with van der Waals surface area (Å²) in [5.41, 5.74) is 3.65. The minimum Gasteiger partial charge on any atom is -1.00 e. The molecule has 0 spiro atoms. The molecule has 0 saturated heterocycles. The van der Waals surface area contributed by atoms with Crippen molar-refractivity contribution in [3.63, 3.8) is 0 Å². The molecule has 0 unspecified atom stereocenters. The Morgan fingerprint density at radius 3 is 1.88 bits per heavy atom. The molecule has 0 aliphatic heterocycles. The summed E-state index contributed by atoms with van der Waals surface area (Å²) in [6, 6.07) is 23.6. The lowest BCUT2D eigenvalue weighted by atomic mass is 10.2.